The third-order valence-electron chi connectivity index (χ3n) is 1.71. The fourth-order valence-electron chi connectivity index (χ4n) is 1.16. The van der Waals surface area contributed by atoms with Crippen molar-refractivity contribution in [1.29, 1.82) is 0 Å². The van der Waals surface area contributed by atoms with Crippen LogP contribution in [-0.4, -0.2) is 20.7 Å². The molecule has 0 aromatic heterocycles. The van der Waals surface area contributed by atoms with E-state index in [-0.39, 0.29) is 19.5 Å². The summed E-state index contributed by atoms with van der Waals surface area (Å²) in [6.45, 7) is 0.286. The zero-order valence-corrected chi connectivity index (χ0v) is 14.1. The van der Waals surface area contributed by atoms with Gasteiger partial charge in [-0.1, -0.05) is 26.2 Å². The van der Waals surface area contributed by atoms with Gasteiger partial charge in [0.2, 0.25) is 0 Å². The van der Waals surface area contributed by atoms with Gasteiger partial charge in [0.15, 0.2) is 0 Å². The summed E-state index contributed by atoms with van der Waals surface area (Å²) in [7, 11) is 0. The van der Waals surface area contributed by atoms with Gasteiger partial charge in [0.25, 0.3) is 0 Å². The molecule has 1 radical (unpaired) electrons. The standard InChI is InChI=1S/C7H13.Al.HO2P.Zn.2H/c1-7-5-3-2-4-6-7;;1-3-2;;;/h2-6H2,1H3;;3H;;;/q;-1;;;;/p+1. The minimum absolute atomic E-state index is 0. The van der Waals surface area contributed by atoms with E-state index in [4.69, 9.17) is 4.89 Å². The van der Waals surface area contributed by atoms with Crippen LogP contribution < -0.4 is 0 Å². The Hall–Kier alpha value is 1.35. The summed E-state index contributed by atoms with van der Waals surface area (Å²) in [5.74, 6) is 1.71. The van der Waals surface area contributed by atoms with Crippen LogP contribution in [0.5, 0.6) is 0 Å². The molecule has 1 aliphatic carbocycles. The van der Waals surface area contributed by atoms with Crippen molar-refractivity contribution in [1.82, 2.24) is 0 Å². The van der Waals surface area contributed by atoms with Gasteiger partial charge >= 0.3 is 15.8 Å². The van der Waals surface area contributed by atoms with Gasteiger partial charge in [-0.15, -0.1) is 0 Å². The number of hydrogen-bond acceptors (Lipinski definition) is 1. The molecule has 0 bridgehead atoms. The molecule has 1 N–H and O–H groups in total. The first kappa shape index (κ1) is 15.8. The molecular formula is C7H17AlO2PZn. The van der Waals surface area contributed by atoms with Crippen molar-refractivity contribution in [2.24, 2.45) is 0 Å². The molecule has 0 spiro atoms. The van der Waals surface area contributed by atoms with E-state index in [0.717, 1.165) is 0 Å². The van der Waals surface area contributed by atoms with Gasteiger partial charge in [-0.25, -0.2) is 0 Å². The van der Waals surface area contributed by atoms with Crippen LogP contribution in [0.3, 0.4) is 0 Å². The average Bonchev–Trinajstić information content (AvgIpc) is 1.87. The van der Waals surface area contributed by atoms with Crippen LogP contribution >= 0.6 is 6.67 Å². The fourth-order valence-corrected chi connectivity index (χ4v) is 1.16. The van der Waals surface area contributed by atoms with Gasteiger partial charge in [0.1, 0.15) is 0 Å². The molecule has 0 aromatic carbocycles. The zero-order chi connectivity index (χ0) is 8.69. The van der Waals surface area contributed by atoms with Crippen LogP contribution in [0.1, 0.15) is 39.0 Å². The second kappa shape index (κ2) is 10.4. The zero-order valence-electron chi connectivity index (χ0n) is 8.10. The molecule has 1 fully saturated rings. The van der Waals surface area contributed by atoms with E-state index in [1.165, 1.54) is 32.1 Å². The van der Waals surface area contributed by atoms with Crippen LogP contribution in [0.2, 0.25) is 0 Å². The van der Waals surface area contributed by atoms with Gasteiger partial charge in [-0.05, 0) is 18.8 Å². The summed E-state index contributed by atoms with van der Waals surface area (Å²) in [5.41, 5.74) is 0. The fraction of sp³-hybridized carbons (Fsp3) is 0.857. The van der Waals surface area contributed by atoms with E-state index in [1.54, 1.807) is 5.92 Å². The second-order valence-corrected chi connectivity index (χ2v) is 6.64. The van der Waals surface area contributed by atoms with Gasteiger partial charge in [-0.3, -0.25) is 0 Å². The van der Waals surface area contributed by atoms with Crippen LogP contribution in [0, 0.1) is 5.92 Å². The van der Waals surface area contributed by atoms with Crippen molar-refractivity contribution in [2.75, 3.05) is 0 Å². The van der Waals surface area contributed by atoms with Gasteiger partial charge < -0.3 is 9.46 Å². The molecule has 2 nitrogen and oxygen atoms in total. The van der Waals surface area contributed by atoms with Crippen molar-refractivity contribution < 1.29 is 28.9 Å². The maximum Gasteiger partial charge on any atom is 0.353 e. The van der Waals surface area contributed by atoms with Crippen LogP contribution in [-0.2, 0) is 24.0 Å². The molecule has 1 atom stereocenters. The molecule has 0 saturated heterocycles. The van der Waals surface area contributed by atoms with Crippen molar-refractivity contribution in [3.05, 3.63) is 5.92 Å². The summed E-state index contributed by atoms with van der Waals surface area (Å²) < 4.78 is 9.25. The average molecular weight is 257 g/mol. The summed E-state index contributed by atoms with van der Waals surface area (Å²) >= 11 is 0.451. The van der Waals surface area contributed by atoms with Gasteiger partial charge in [0, 0.05) is 19.5 Å². The molecule has 0 heterocycles. The number of rotatable bonds is 0. The Kier molecular flexibility index (Phi) is 13.7. The Balaban J connectivity index is 0. The maximum absolute atomic E-state index is 9.25. The van der Waals surface area contributed by atoms with Crippen molar-refractivity contribution in [2.45, 2.75) is 39.0 Å². The molecule has 1 rings (SSSR count). The molecule has 0 aliphatic heterocycles. The monoisotopic (exact) mass is 255 g/mol. The summed E-state index contributed by atoms with van der Waals surface area (Å²) in [6.07, 6.45) is 7.18. The van der Waals surface area contributed by atoms with Crippen molar-refractivity contribution >= 4 is 22.5 Å². The summed E-state index contributed by atoms with van der Waals surface area (Å²) in [6, 6.07) is 0. The maximum atomic E-state index is 9.25. The van der Waals surface area contributed by atoms with E-state index in [1.807, 2.05) is 0 Å². The second-order valence-electron chi connectivity index (χ2n) is 3.04. The topological polar surface area (TPSA) is 37.3 Å². The molecule has 1 unspecified atom stereocenters. The predicted octanol–water partition coefficient (Wildman–Crippen LogP) is 1.54. The first-order valence-electron chi connectivity index (χ1n) is 4.13. The Morgan fingerprint density at radius 2 is 1.67 bits per heavy atom. The normalized spacial score (nSPS) is 19.8. The van der Waals surface area contributed by atoms with Gasteiger partial charge in [0.05, 0.1) is 6.67 Å². The molecule has 0 aromatic rings. The molecule has 67 valence electrons. The van der Waals surface area contributed by atoms with Crippen molar-refractivity contribution in [3.63, 3.8) is 0 Å². The molecule has 1 aliphatic rings. The smallest absolute Gasteiger partial charge is 0.353 e. The van der Waals surface area contributed by atoms with Gasteiger partial charge in [-0.2, -0.15) is 0 Å². The predicted molar refractivity (Wildman–Crippen MR) is 51.8 cm³/mol. The van der Waals surface area contributed by atoms with Crippen LogP contribution in [0.4, 0.5) is 0 Å². The third kappa shape index (κ3) is 13.9. The first-order chi connectivity index (χ1) is 5.13. The van der Waals surface area contributed by atoms with E-state index in [2.05, 4.69) is 6.92 Å². The third-order valence-corrected chi connectivity index (χ3v) is 1.71. The molecule has 12 heavy (non-hydrogen) atoms. The van der Waals surface area contributed by atoms with E-state index >= 15 is 0 Å². The molecular weight excluding hydrogens is 239 g/mol. The quantitative estimate of drug-likeness (QED) is 0.527. The van der Waals surface area contributed by atoms with Crippen molar-refractivity contribution in [3.8, 4) is 0 Å². The summed E-state index contributed by atoms with van der Waals surface area (Å²) in [4.78, 5) is 7.66. The summed E-state index contributed by atoms with van der Waals surface area (Å²) in [5, 5.41) is 0. The first-order valence-corrected chi connectivity index (χ1v) is 8.99. The Morgan fingerprint density at radius 3 is 1.83 bits per heavy atom. The minimum atomic E-state index is -1.99. The van der Waals surface area contributed by atoms with Crippen LogP contribution in [0.25, 0.3) is 0 Å². The molecule has 1 saturated carbocycles. The van der Waals surface area contributed by atoms with E-state index in [0.29, 0.717) is 15.8 Å². The number of hydrogen-bond donors (Lipinski definition) is 1. The SMILES string of the molecule is C[C]1CCCCC1.O=[PH](O)[AlH2].[Zn]. The Labute approximate surface area is 96.2 Å². The van der Waals surface area contributed by atoms with E-state index in [9.17, 15) is 4.57 Å². The molecule has 0 amide bonds. The minimum Gasteiger partial charge on any atom is -0.360 e. The molecule has 5 heteroatoms. The Bertz CT molecular complexity index is 114. The Morgan fingerprint density at radius 1 is 1.33 bits per heavy atom. The van der Waals surface area contributed by atoms with Crippen LogP contribution in [0.15, 0.2) is 0 Å². The van der Waals surface area contributed by atoms with E-state index < -0.39 is 6.67 Å². The largest absolute Gasteiger partial charge is 0.360 e.